The van der Waals surface area contributed by atoms with Crippen LogP contribution in [0.5, 0.6) is 11.5 Å². The van der Waals surface area contributed by atoms with E-state index in [4.69, 9.17) is 9.47 Å². The minimum atomic E-state index is -0.549. The van der Waals surface area contributed by atoms with E-state index in [0.29, 0.717) is 54.4 Å². The summed E-state index contributed by atoms with van der Waals surface area (Å²) < 4.78 is 39.6. The van der Waals surface area contributed by atoms with E-state index in [0.717, 1.165) is 18.2 Å². The molecule has 1 fully saturated rings. The van der Waals surface area contributed by atoms with Gasteiger partial charge in [-0.15, -0.1) is 0 Å². The molecule has 1 aromatic heterocycles. The van der Waals surface area contributed by atoms with E-state index < -0.39 is 11.6 Å². The zero-order chi connectivity index (χ0) is 25.8. The zero-order valence-electron chi connectivity index (χ0n) is 20.4. The van der Waals surface area contributed by atoms with Crippen molar-refractivity contribution in [1.29, 1.82) is 0 Å². The molecule has 0 unspecified atom stereocenters. The molecule has 2 aromatic carbocycles. The molecule has 1 N–H and O–H groups in total. The van der Waals surface area contributed by atoms with Crippen LogP contribution in [0.15, 0.2) is 42.6 Å². The molecular formula is C26H28F2N4O4. The highest BCUT2D eigenvalue weighted by atomic mass is 19.1. The van der Waals surface area contributed by atoms with Gasteiger partial charge >= 0.3 is 0 Å². The van der Waals surface area contributed by atoms with Crippen molar-refractivity contribution in [3.63, 3.8) is 0 Å². The number of ether oxygens (including phenoxy) is 2. The number of carbonyl (C=O) groups excluding carboxylic acids is 2. The maximum Gasteiger partial charge on any atom is 0.254 e. The van der Waals surface area contributed by atoms with E-state index in [1.165, 1.54) is 18.9 Å². The summed E-state index contributed by atoms with van der Waals surface area (Å²) >= 11 is 0. The first kappa shape index (κ1) is 25.2. The minimum Gasteiger partial charge on any atom is -0.497 e. The summed E-state index contributed by atoms with van der Waals surface area (Å²) in [4.78, 5) is 27.8. The van der Waals surface area contributed by atoms with Crippen molar-refractivity contribution in [2.24, 2.45) is 5.92 Å². The lowest BCUT2D eigenvalue weighted by atomic mass is 9.95. The maximum atomic E-state index is 14.1. The van der Waals surface area contributed by atoms with Crippen molar-refractivity contribution in [2.75, 3.05) is 32.6 Å². The number of piperidine rings is 1. The van der Waals surface area contributed by atoms with Crippen molar-refractivity contribution >= 4 is 17.6 Å². The SMILES string of the molecule is COc1cc(OC)cc(C(=O)N2CCC(C(=O)Nc3c(C)cnn3Cc3cc(F)ccc3F)CC2)c1. The number of halogens is 2. The number of anilines is 1. The van der Waals surface area contributed by atoms with Gasteiger partial charge in [-0.25, -0.2) is 13.5 Å². The molecule has 0 aliphatic carbocycles. The topological polar surface area (TPSA) is 85.7 Å². The fraction of sp³-hybridized carbons (Fsp3) is 0.346. The molecule has 0 spiro atoms. The molecule has 4 rings (SSSR count). The normalized spacial score (nSPS) is 14.0. The van der Waals surface area contributed by atoms with Gasteiger partial charge in [0.2, 0.25) is 5.91 Å². The molecule has 10 heteroatoms. The van der Waals surface area contributed by atoms with Gasteiger partial charge < -0.3 is 19.7 Å². The smallest absolute Gasteiger partial charge is 0.254 e. The first-order chi connectivity index (χ1) is 17.3. The van der Waals surface area contributed by atoms with Gasteiger partial charge in [0.25, 0.3) is 5.91 Å². The average molecular weight is 499 g/mol. The molecule has 3 aromatic rings. The van der Waals surface area contributed by atoms with Crippen molar-refractivity contribution in [1.82, 2.24) is 14.7 Å². The number of benzene rings is 2. The maximum absolute atomic E-state index is 14.1. The molecule has 0 saturated carbocycles. The van der Waals surface area contributed by atoms with Crippen molar-refractivity contribution in [2.45, 2.75) is 26.3 Å². The number of likely N-dealkylation sites (tertiary alicyclic amines) is 1. The van der Waals surface area contributed by atoms with Crippen molar-refractivity contribution in [3.05, 3.63) is 70.9 Å². The Morgan fingerprint density at radius 3 is 2.36 bits per heavy atom. The summed E-state index contributed by atoms with van der Waals surface area (Å²) in [5.74, 6) is -0.267. The number of nitrogens with zero attached hydrogens (tertiary/aromatic N) is 3. The number of hydrogen-bond acceptors (Lipinski definition) is 5. The summed E-state index contributed by atoms with van der Waals surface area (Å²) in [6.45, 7) is 2.60. The average Bonchev–Trinajstić information content (AvgIpc) is 3.23. The Balaban J connectivity index is 1.39. The van der Waals surface area contributed by atoms with Crippen molar-refractivity contribution < 1.29 is 27.8 Å². The lowest BCUT2D eigenvalue weighted by molar-refractivity contribution is -0.121. The highest BCUT2D eigenvalue weighted by Gasteiger charge is 2.29. The molecule has 8 nitrogen and oxygen atoms in total. The molecule has 1 saturated heterocycles. The Morgan fingerprint density at radius 2 is 1.72 bits per heavy atom. The standard InChI is InChI=1S/C26H28F2N4O4/c1-16-14-29-32(15-19-10-20(27)4-5-23(19)28)24(16)30-25(33)17-6-8-31(9-7-17)26(34)18-11-21(35-2)13-22(12-18)36-3/h4-5,10-14,17H,6-9,15H2,1-3H3,(H,30,33). The van der Waals surface area contributed by atoms with E-state index in [1.807, 2.05) is 0 Å². The molecule has 190 valence electrons. The second-order valence-corrected chi connectivity index (χ2v) is 8.73. The van der Waals surface area contributed by atoms with Crippen LogP contribution in [-0.4, -0.2) is 53.8 Å². The van der Waals surface area contributed by atoms with Crippen LogP contribution in [0.2, 0.25) is 0 Å². The Hall–Kier alpha value is -3.95. The monoisotopic (exact) mass is 498 g/mol. The van der Waals surface area contributed by atoms with Crippen LogP contribution in [0.4, 0.5) is 14.6 Å². The Morgan fingerprint density at radius 1 is 1.06 bits per heavy atom. The molecule has 0 atom stereocenters. The van der Waals surface area contributed by atoms with E-state index in [-0.39, 0.29) is 29.8 Å². The number of carbonyl (C=O) groups is 2. The van der Waals surface area contributed by atoms with Crippen LogP contribution in [0.25, 0.3) is 0 Å². The summed E-state index contributed by atoms with van der Waals surface area (Å²) in [7, 11) is 3.05. The number of aryl methyl sites for hydroxylation is 1. The predicted molar refractivity (Wildman–Crippen MR) is 129 cm³/mol. The summed E-state index contributed by atoms with van der Waals surface area (Å²) in [6, 6.07) is 8.25. The molecular weight excluding hydrogens is 470 g/mol. The number of methoxy groups -OCH3 is 2. The molecule has 0 bridgehead atoms. The van der Waals surface area contributed by atoms with Crippen LogP contribution in [-0.2, 0) is 11.3 Å². The van der Waals surface area contributed by atoms with Gasteiger partial charge in [-0.05, 0) is 50.1 Å². The van der Waals surface area contributed by atoms with Gasteiger partial charge in [0, 0.05) is 41.8 Å². The van der Waals surface area contributed by atoms with Crippen LogP contribution in [0, 0.1) is 24.5 Å². The number of hydrogen-bond donors (Lipinski definition) is 1. The number of rotatable bonds is 7. The highest BCUT2D eigenvalue weighted by molar-refractivity contribution is 5.96. The summed E-state index contributed by atoms with van der Waals surface area (Å²) in [5, 5.41) is 7.11. The van der Waals surface area contributed by atoms with Crippen LogP contribution < -0.4 is 14.8 Å². The third-order valence-corrected chi connectivity index (χ3v) is 6.34. The summed E-state index contributed by atoms with van der Waals surface area (Å²) in [5.41, 5.74) is 1.30. The second kappa shape index (κ2) is 10.8. The molecule has 1 aliphatic rings. The molecule has 1 aliphatic heterocycles. The summed E-state index contributed by atoms with van der Waals surface area (Å²) in [6.07, 6.45) is 2.55. The molecule has 2 heterocycles. The van der Waals surface area contributed by atoms with E-state index in [1.54, 1.807) is 36.2 Å². The second-order valence-electron chi connectivity index (χ2n) is 8.73. The Kier molecular flexibility index (Phi) is 7.52. The quantitative estimate of drug-likeness (QED) is 0.532. The Bertz CT molecular complexity index is 1250. The number of aromatic nitrogens is 2. The van der Waals surface area contributed by atoms with E-state index in [9.17, 15) is 18.4 Å². The predicted octanol–water partition coefficient (Wildman–Crippen LogP) is 4.03. The molecule has 36 heavy (non-hydrogen) atoms. The van der Waals surface area contributed by atoms with Crippen LogP contribution in [0.3, 0.4) is 0 Å². The molecule has 2 amide bonds. The first-order valence-corrected chi connectivity index (χ1v) is 11.6. The van der Waals surface area contributed by atoms with Gasteiger partial charge in [0.15, 0.2) is 0 Å². The van der Waals surface area contributed by atoms with Crippen LogP contribution in [0.1, 0.15) is 34.3 Å². The minimum absolute atomic E-state index is 0.0238. The van der Waals surface area contributed by atoms with Crippen LogP contribution >= 0.6 is 0 Å². The van der Waals surface area contributed by atoms with Gasteiger partial charge in [0.05, 0.1) is 27.0 Å². The van der Waals surface area contributed by atoms with Gasteiger partial charge in [0.1, 0.15) is 29.0 Å². The first-order valence-electron chi connectivity index (χ1n) is 11.6. The lowest BCUT2D eigenvalue weighted by Gasteiger charge is -2.31. The van der Waals surface area contributed by atoms with Gasteiger partial charge in [-0.3, -0.25) is 9.59 Å². The highest BCUT2D eigenvalue weighted by Crippen LogP contribution is 2.26. The molecule has 0 radical (unpaired) electrons. The number of nitrogens with one attached hydrogen (secondary N) is 1. The van der Waals surface area contributed by atoms with E-state index in [2.05, 4.69) is 10.4 Å². The van der Waals surface area contributed by atoms with Gasteiger partial charge in [-0.1, -0.05) is 0 Å². The zero-order valence-corrected chi connectivity index (χ0v) is 20.4. The third-order valence-electron chi connectivity index (χ3n) is 6.34. The van der Waals surface area contributed by atoms with Crippen molar-refractivity contribution in [3.8, 4) is 11.5 Å². The Labute approximate surface area is 207 Å². The fourth-order valence-electron chi connectivity index (χ4n) is 4.26. The van der Waals surface area contributed by atoms with E-state index >= 15 is 0 Å². The largest absolute Gasteiger partial charge is 0.497 e. The third kappa shape index (κ3) is 5.48. The number of amides is 2. The lowest BCUT2D eigenvalue weighted by Crippen LogP contribution is -2.41. The fourth-order valence-corrected chi connectivity index (χ4v) is 4.26. The van der Waals surface area contributed by atoms with Gasteiger partial charge in [-0.2, -0.15) is 5.10 Å².